The molecule has 0 radical (unpaired) electrons. The maximum Gasteiger partial charge on any atom is 0.336 e. The zero-order chi connectivity index (χ0) is 17.4. The van der Waals surface area contributed by atoms with Crippen LogP contribution in [0.2, 0.25) is 0 Å². The van der Waals surface area contributed by atoms with Crippen LogP contribution in [0.5, 0.6) is 5.75 Å². The number of fused-ring (bicyclic) bond motifs is 3. The van der Waals surface area contributed by atoms with Gasteiger partial charge in [-0.3, -0.25) is 4.90 Å². The van der Waals surface area contributed by atoms with E-state index in [2.05, 4.69) is 24.0 Å². The largest absolute Gasteiger partial charge is 0.478 e. The van der Waals surface area contributed by atoms with Crippen LogP contribution in [0.25, 0.3) is 11.0 Å². The topological polar surface area (TPSA) is 42.7 Å². The van der Waals surface area contributed by atoms with Gasteiger partial charge >= 0.3 is 5.63 Å². The third-order valence-electron chi connectivity index (χ3n) is 5.02. The molecule has 0 aliphatic carbocycles. The Bertz CT molecular complexity index is 962. The molecule has 2 heterocycles. The summed E-state index contributed by atoms with van der Waals surface area (Å²) >= 11 is 0. The summed E-state index contributed by atoms with van der Waals surface area (Å²) in [5, 5.41) is 0.999. The monoisotopic (exact) mass is 335 g/mol. The van der Waals surface area contributed by atoms with Crippen molar-refractivity contribution >= 4 is 11.0 Å². The zero-order valence-corrected chi connectivity index (χ0v) is 14.5. The highest BCUT2D eigenvalue weighted by Crippen LogP contribution is 2.35. The van der Waals surface area contributed by atoms with Gasteiger partial charge in [-0.05, 0) is 36.6 Å². The zero-order valence-electron chi connectivity index (χ0n) is 14.5. The number of benzene rings is 2. The van der Waals surface area contributed by atoms with Gasteiger partial charge in [0.05, 0.1) is 5.56 Å². The Hall–Kier alpha value is -2.59. The summed E-state index contributed by atoms with van der Waals surface area (Å²) in [7, 11) is 0. The van der Waals surface area contributed by atoms with Crippen LogP contribution in [0.4, 0.5) is 0 Å². The van der Waals surface area contributed by atoms with E-state index < -0.39 is 0 Å². The molecule has 1 aromatic heterocycles. The van der Waals surface area contributed by atoms with Crippen molar-refractivity contribution in [1.82, 2.24) is 4.90 Å². The van der Waals surface area contributed by atoms with Crippen LogP contribution in [-0.2, 0) is 13.0 Å². The lowest BCUT2D eigenvalue weighted by Gasteiger charge is -2.34. The van der Waals surface area contributed by atoms with Crippen LogP contribution in [0.3, 0.4) is 0 Å². The quantitative estimate of drug-likeness (QED) is 0.671. The average molecular weight is 335 g/mol. The highest BCUT2D eigenvalue weighted by atomic mass is 16.5. The minimum absolute atomic E-state index is 0.214. The van der Waals surface area contributed by atoms with Crippen molar-refractivity contribution < 1.29 is 9.15 Å². The fourth-order valence-electron chi connectivity index (χ4n) is 3.50. The van der Waals surface area contributed by atoms with Gasteiger partial charge in [-0.15, -0.1) is 0 Å². The lowest BCUT2D eigenvalue weighted by atomic mass is 10.0. The molecule has 4 heteroatoms. The second-order valence-corrected chi connectivity index (χ2v) is 6.47. The molecule has 0 bridgehead atoms. The second kappa shape index (κ2) is 6.37. The Morgan fingerprint density at radius 2 is 1.96 bits per heavy atom. The number of aryl methyl sites for hydroxylation is 1. The molecular weight excluding hydrogens is 314 g/mol. The van der Waals surface area contributed by atoms with Crippen molar-refractivity contribution in [1.29, 1.82) is 0 Å². The van der Waals surface area contributed by atoms with Gasteiger partial charge in [0.25, 0.3) is 0 Å². The maximum atomic E-state index is 12.0. The molecule has 4 rings (SSSR count). The number of rotatable bonds is 3. The predicted octanol–water partition coefficient (Wildman–Crippen LogP) is 4.27. The standard InChI is InChI=1S/C21H21NO3/c1-3-15-11-20(23)25-21-17(15)9-10-19-18(21)12-22(13-24-19)14(2)16-7-5-4-6-8-16/h4-11,14H,3,12-13H2,1-2H3/t14-/m1/s1. The van der Waals surface area contributed by atoms with E-state index in [9.17, 15) is 4.79 Å². The molecule has 0 amide bonds. The SMILES string of the molecule is CCc1cc(=O)oc2c3c(ccc12)OCN([C@H](C)c1ccccc1)C3. The van der Waals surface area contributed by atoms with Crippen molar-refractivity contribution in [2.45, 2.75) is 32.9 Å². The summed E-state index contributed by atoms with van der Waals surface area (Å²) in [6.45, 7) is 5.43. The number of nitrogens with zero attached hydrogens (tertiary/aromatic N) is 1. The third-order valence-corrected chi connectivity index (χ3v) is 5.02. The summed E-state index contributed by atoms with van der Waals surface area (Å²) in [5.74, 6) is 0.806. The van der Waals surface area contributed by atoms with Gasteiger partial charge in [0.1, 0.15) is 18.1 Å². The minimum atomic E-state index is -0.300. The van der Waals surface area contributed by atoms with Crippen LogP contribution < -0.4 is 10.4 Å². The summed E-state index contributed by atoms with van der Waals surface area (Å²) in [6, 6.07) is 16.1. The van der Waals surface area contributed by atoms with E-state index in [-0.39, 0.29) is 11.7 Å². The third kappa shape index (κ3) is 2.83. The van der Waals surface area contributed by atoms with Gasteiger partial charge in [0.15, 0.2) is 0 Å². The van der Waals surface area contributed by atoms with E-state index in [1.165, 1.54) is 5.56 Å². The van der Waals surface area contributed by atoms with Gasteiger partial charge in [-0.1, -0.05) is 37.3 Å². The molecule has 0 fully saturated rings. The molecule has 0 unspecified atom stereocenters. The van der Waals surface area contributed by atoms with Gasteiger partial charge in [-0.25, -0.2) is 4.79 Å². The second-order valence-electron chi connectivity index (χ2n) is 6.47. The Morgan fingerprint density at radius 3 is 2.72 bits per heavy atom. The summed E-state index contributed by atoms with van der Waals surface area (Å²) in [4.78, 5) is 14.2. The van der Waals surface area contributed by atoms with Gasteiger partial charge < -0.3 is 9.15 Å². The van der Waals surface area contributed by atoms with Crippen molar-refractivity contribution in [2.75, 3.05) is 6.73 Å². The van der Waals surface area contributed by atoms with E-state index in [0.29, 0.717) is 18.9 Å². The fourth-order valence-corrected chi connectivity index (χ4v) is 3.50. The molecule has 0 saturated heterocycles. The molecule has 128 valence electrons. The highest BCUT2D eigenvalue weighted by Gasteiger charge is 2.25. The van der Waals surface area contributed by atoms with Crippen molar-refractivity contribution in [3.05, 3.63) is 75.6 Å². The van der Waals surface area contributed by atoms with Crippen molar-refractivity contribution in [3.8, 4) is 5.75 Å². The Balaban J connectivity index is 1.77. The lowest BCUT2D eigenvalue weighted by molar-refractivity contribution is 0.0620. The first-order valence-electron chi connectivity index (χ1n) is 8.67. The molecular formula is C21H21NO3. The van der Waals surface area contributed by atoms with Gasteiger partial charge in [-0.2, -0.15) is 0 Å². The predicted molar refractivity (Wildman–Crippen MR) is 97.8 cm³/mol. The van der Waals surface area contributed by atoms with Crippen molar-refractivity contribution in [3.63, 3.8) is 0 Å². The number of ether oxygens (including phenoxy) is 1. The van der Waals surface area contributed by atoms with Crippen molar-refractivity contribution in [2.24, 2.45) is 0 Å². The summed E-state index contributed by atoms with van der Waals surface area (Å²) < 4.78 is 11.5. The van der Waals surface area contributed by atoms with E-state index in [1.54, 1.807) is 6.07 Å². The van der Waals surface area contributed by atoms with Crippen LogP contribution in [0, 0.1) is 0 Å². The van der Waals surface area contributed by atoms with Gasteiger partial charge in [0.2, 0.25) is 0 Å². The summed E-state index contributed by atoms with van der Waals surface area (Å²) in [5.41, 5.74) is 3.57. The molecule has 0 N–H and O–H groups in total. The van der Waals surface area contributed by atoms with Crippen LogP contribution in [0.1, 0.15) is 36.6 Å². The van der Waals surface area contributed by atoms with E-state index >= 15 is 0 Å². The molecule has 2 aromatic carbocycles. The smallest absolute Gasteiger partial charge is 0.336 e. The number of hydrogen-bond acceptors (Lipinski definition) is 4. The Kier molecular flexibility index (Phi) is 4.06. The Labute approximate surface area is 146 Å². The molecule has 1 aliphatic rings. The lowest BCUT2D eigenvalue weighted by Crippen LogP contribution is -2.34. The maximum absolute atomic E-state index is 12.0. The van der Waals surface area contributed by atoms with E-state index in [0.717, 1.165) is 28.7 Å². The first-order valence-corrected chi connectivity index (χ1v) is 8.67. The normalized spacial score (nSPS) is 15.6. The van der Waals surface area contributed by atoms with E-state index in [4.69, 9.17) is 9.15 Å². The molecule has 25 heavy (non-hydrogen) atoms. The molecule has 0 saturated carbocycles. The minimum Gasteiger partial charge on any atom is -0.478 e. The van der Waals surface area contributed by atoms with Gasteiger partial charge in [0, 0.05) is 24.0 Å². The molecule has 0 spiro atoms. The Morgan fingerprint density at radius 1 is 1.16 bits per heavy atom. The molecule has 1 aliphatic heterocycles. The fraction of sp³-hybridized carbons (Fsp3) is 0.286. The van der Waals surface area contributed by atoms with E-state index in [1.807, 2.05) is 37.3 Å². The molecule has 1 atom stereocenters. The van der Waals surface area contributed by atoms with Crippen LogP contribution in [-0.4, -0.2) is 11.6 Å². The number of hydrogen-bond donors (Lipinski definition) is 0. The molecule has 3 aromatic rings. The molecule has 4 nitrogen and oxygen atoms in total. The highest BCUT2D eigenvalue weighted by molar-refractivity contribution is 5.85. The van der Waals surface area contributed by atoms with Crippen LogP contribution in [0.15, 0.2) is 57.7 Å². The summed E-state index contributed by atoms with van der Waals surface area (Å²) in [6.07, 6.45) is 0.797. The van der Waals surface area contributed by atoms with Crippen LogP contribution >= 0.6 is 0 Å². The average Bonchev–Trinajstić information content (AvgIpc) is 2.66. The first-order chi connectivity index (χ1) is 12.2. The first kappa shape index (κ1) is 15.9.